The molecule has 0 saturated carbocycles. The van der Waals surface area contributed by atoms with Gasteiger partial charge in [-0.15, -0.1) is 0 Å². The summed E-state index contributed by atoms with van der Waals surface area (Å²) in [5, 5.41) is 7.80. The Labute approximate surface area is 114 Å². The van der Waals surface area contributed by atoms with Crippen molar-refractivity contribution in [2.75, 3.05) is 13.2 Å². The molecule has 2 aromatic heterocycles. The first-order valence-corrected chi connectivity index (χ1v) is 6.05. The standard InChI is InChI=1S/C11H11Cl2N3O2/c12-8-5-10(13)11(15-6-8)17-4-2-14-7-9-1-3-18-16-9/h1,3,5-6,14H,2,4,7H2. The molecular formula is C11H11Cl2N3O2. The highest BCUT2D eigenvalue weighted by Crippen LogP contribution is 2.24. The van der Waals surface area contributed by atoms with E-state index in [9.17, 15) is 0 Å². The average Bonchev–Trinajstić information content (AvgIpc) is 2.84. The minimum Gasteiger partial charge on any atom is -0.475 e. The maximum Gasteiger partial charge on any atom is 0.232 e. The van der Waals surface area contributed by atoms with E-state index in [1.807, 2.05) is 0 Å². The largest absolute Gasteiger partial charge is 0.475 e. The molecule has 0 amide bonds. The molecule has 0 spiro atoms. The van der Waals surface area contributed by atoms with Crippen LogP contribution in [-0.4, -0.2) is 23.3 Å². The zero-order valence-corrected chi connectivity index (χ0v) is 10.9. The van der Waals surface area contributed by atoms with Crippen LogP contribution in [0.5, 0.6) is 5.88 Å². The van der Waals surface area contributed by atoms with E-state index in [0.717, 1.165) is 5.69 Å². The quantitative estimate of drug-likeness (QED) is 0.828. The first-order chi connectivity index (χ1) is 8.75. The van der Waals surface area contributed by atoms with Crippen LogP contribution in [0.2, 0.25) is 10.0 Å². The molecule has 1 N–H and O–H groups in total. The van der Waals surface area contributed by atoms with Crippen molar-refractivity contribution in [2.45, 2.75) is 6.54 Å². The summed E-state index contributed by atoms with van der Waals surface area (Å²) in [4.78, 5) is 3.98. The van der Waals surface area contributed by atoms with Gasteiger partial charge >= 0.3 is 0 Å². The molecule has 7 heteroatoms. The Hall–Kier alpha value is -1.30. The Balaban J connectivity index is 1.69. The van der Waals surface area contributed by atoms with Crippen molar-refractivity contribution in [2.24, 2.45) is 0 Å². The second-order valence-electron chi connectivity index (χ2n) is 3.46. The summed E-state index contributed by atoms with van der Waals surface area (Å²) in [5.41, 5.74) is 0.845. The lowest BCUT2D eigenvalue weighted by Crippen LogP contribution is -2.21. The summed E-state index contributed by atoms with van der Waals surface area (Å²) < 4.78 is 10.1. The number of pyridine rings is 1. The van der Waals surface area contributed by atoms with E-state index < -0.39 is 0 Å². The Morgan fingerprint density at radius 3 is 3.00 bits per heavy atom. The van der Waals surface area contributed by atoms with Gasteiger partial charge in [-0.1, -0.05) is 28.4 Å². The van der Waals surface area contributed by atoms with Crippen molar-refractivity contribution in [3.05, 3.63) is 40.3 Å². The molecular weight excluding hydrogens is 277 g/mol. The smallest absolute Gasteiger partial charge is 0.232 e. The van der Waals surface area contributed by atoms with Crippen LogP contribution in [0.3, 0.4) is 0 Å². The fourth-order valence-electron chi connectivity index (χ4n) is 1.27. The number of rotatable bonds is 6. The number of aromatic nitrogens is 2. The highest BCUT2D eigenvalue weighted by Gasteiger charge is 2.03. The van der Waals surface area contributed by atoms with E-state index in [1.54, 1.807) is 12.1 Å². The highest BCUT2D eigenvalue weighted by atomic mass is 35.5. The molecule has 0 aliphatic carbocycles. The second kappa shape index (κ2) is 6.58. The zero-order valence-electron chi connectivity index (χ0n) is 9.40. The van der Waals surface area contributed by atoms with Crippen molar-refractivity contribution in [3.63, 3.8) is 0 Å². The highest BCUT2D eigenvalue weighted by molar-refractivity contribution is 6.35. The normalized spacial score (nSPS) is 10.6. The Morgan fingerprint density at radius 2 is 2.28 bits per heavy atom. The van der Waals surface area contributed by atoms with Crippen LogP contribution in [0.15, 0.2) is 29.1 Å². The molecule has 5 nitrogen and oxygen atoms in total. The minimum absolute atomic E-state index is 0.379. The van der Waals surface area contributed by atoms with Crippen LogP contribution in [-0.2, 0) is 6.54 Å². The minimum atomic E-state index is 0.379. The van der Waals surface area contributed by atoms with Crippen molar-refractivity contribution in [1.29, 1.82) is 0 Å². The van der Waals surface area contributed by atoms with Gasteiger partial charge in [0, 0.05) is 25.4 Å². The zero-order chi connectivity index (χ0) is 12.8. The van der Waals surface area contributed by atoms with E-state index in [1.165, 1.54) is 12.5 Å². The first kappa shape index (κ1) is 13.1. The molecule has 2 heterocycles. The van der Waals surface area contributed by atoms with Crippen LogP contribution in [0.4, 0.5) is 0 Å². The lowest BCUT2D eigenvalue weighted by molar-refractivity contribution is 0.301. The van der Waals surface area contributed by atoms with Gasteiger partial charge in [-0.05, 0) is 6.07 Å². The van der Waals surface area contributed by atoms with Gasteiger partial charge in [0.05, 0.1) is 10.7 Å². The van der Waals surface area contributed by atoms with Gasteiger partial charge in [0.25, 0.3) is 0 Å². The maximum atomic E-state index is 5.91. The summed E-state index contributed by atoms with van der Waals surface area (Å²) in [6, 6.07) is 3.39. The topological polar surface area (TPSA) is 60.2 Å². The van der Waals surface area contributed by atoms with Crippen LogP contribution in [0, 0.1) is 0 Å². The summed E-state index contributed by atoms with van der Waals surface area (Å²) in [5.74, 6) is 0.379. The van der Waals surface area contributed by atoms with E-state index in [-0.39, 0.29) is 0 Å². The third-order valence-electron chi connectivity index (χ3n) is 2.09. The van der Waals surface area contributed by atoms with Gasteiger partial charge in [-0.25, -0.2) is 4.98 Å². The SMILES string of the molecule is Clc1cnc(OCCNCc2ccon2)c(Cl)c1. The summed E-state index contributed by atoms with van der Waals surface area (Å²) in [7, 11) is 0. The molecule has 96 valence electrons. The molecule has 0 atom stereocenters. The van der Waals surface area contributed by atoms with Crippen molar-refractivity contribution in [3.8, 4) is 5.88 Å². The summed E-state index contributed by atoms with van der Waals surface area (Å²) in [6.07, 6.45) is 3.02. The van der Waals surface area contributed by atoms with Crippen molar-refractivity contribution < 1.29 is 9.26 Å². The second-order valence-corrected chi connectivity index (χ2v) is 4.30. The van der Waals surface area contributed by atoms with Crippen LogP contribution in [0.1, 0.15) is 5.69 Å². The molecule has 0 radical (unpaired) electrons. The lowest BCUT2D eigenvalue weighted by Gasteiger charge is -2.07. The molecule has 0 aliphatic heterocycles. The molecule has 0 aromatic carbocycles. The number of ether oxygens (including phenoxy) is 1. The van der Waals surface area contributed by atoms with Gasteiger partial charge in [0.1, 0.15) is 17.9 Å². The molecule has 2 rings (SSSR count). The third-order valence-corrected chi connectivity index (χ3v) is 2.57. The number of hydrogen-bond donors (Lipinski definition) is 1. The van der Waals surface area contributed by atoms with E-state index >= 15 is 0 Å². The van der Waals surface area contributed by atoms with Crippen LogP contribution in [0.25, 0.3) is 0 Å². The van der Waals surface area contributed by atoms with Gasteiger partial charge in [-0.2, -0.15) is 0 Å². The van der Waals surface area contributed by atoms with Crippen molar-refractivity contribution in [1.82, 2.24) is 15.5 Å². The predicted octanol–water partition coefficient (Wildman–Crippen LogP) is 2.55. The fourth-order valence-corrected chi connectivity index (χ4v) is 1.71. The lowest BCUT2D eigenvalue weighted by atomic mass is 10.4. The Bertz CT molecular complexity index is 491. The Morgan fingerprint density at radius 1 is 1.39 bits per heavy atom. The molecule has 0 bridgehead atoms. The monoisotopic (exact) mass is 287 g/mol. The number of hydrogen-bond acceptors (Lipinski definition) is 5. The molecule has 0 saturated heterocycles. The molecule has 0 aliphatic rings. The average molecular weight is 288 g/mol. The number of nitrogens with one attached hydrogen (secondary N) is 1. The van der Waals surface area contributed by atoms with Gasteiger partial charge in [-0.3, -0.25) is 0 Å². The van der Waals surface area contributed by atoms with Crippen LogP contribution < -0.4 is 10.1 Å². The number of halogens is 2. The van der Waals surface area contributed by atoms with Gasteiger partial charge < -0.3 is 14.6 Å². The van der Waals surface area contributed by atoms with E-state index in [4.69, 9.17) is 32.5 Å². The predicted molar refractivity (Wildman–Crippen MR) is 68.0 cm³/mol. The van der Waals surface area contributed by atoms with Gasteiger partial charge in [0.2, 0.25) is 5.88 Å². The third kappa shape index (κ3) is 3.87. The summed E-state index contributed by atoms with van der Waals surface area (Å²) >= 11 is 11.6. The van der Waals surface area contributed by atoms with Gasteiger partial charge in [0.15, 0.2) is 0 Å². The van der Waals surface area contributed by atoms with E-state index in [2.05, 4.69) is 15.5 Å². The molecule has 2 aromatic rings. The van der Waals surface area contributed by atoms with E-state index in [0.29, 0.717) is 35.6 Å². The fraction of sp³-hybridized carbons (Fsp3) is 0.273. The first-order valence-electron chi connectivity index (χ1n) is 5.29. The molecule has 0 unspecified atom stereocenters. The van der Waals surface area contributed by atoms with Crippen molar-refractivity contribution >= 4 is 23.2 Å². The molecule has 18 heavy (non-hydrogen) atoms. The Kier molecular flexibility index (Phi) is 4.81. The van der Waals surface area contributed by atoms with Crippen LogP contribution >= 0.6 is 23.2 Å². The maximum absolute atomic E-state index is 5.91. The summed E-state index contributed by atoms with van der Waals surface area (Å²) in [6.45, 7) is 1.72. The number of nitrogens with zero attached hydrogens (tertiary/aromatic N) is 2. The molecule has 0 fully saturated rings.